The lowest BCUT2D eigenvalue weighted by atomic mass is 9.75. The lowest BCUT2D eigenvalue weighted by molar-refractivity contribution is 0.0795. The number of guanidine groups is 1. The highest BCUT2D eigenvalue weighted by atomic mass is 16.5. The molecule has 2 unspecified atom stereocenters. The van der Waals surface area contributed by atoms with Crippen LogP contribution in [0.5, 0.6) is 0 Å². The summed E-state index contributed by atoms with van der Waals surface area (Å²) in [5.74, 6) is 1.72. The SMILES string of the molecule is CCOCCCCNC(=NC)NCC1(N(C)C)CCCC(C)C1. The number of hydrogen-bond acceptors (Lipinski definition) is 3. The third kappa shape index (κ3) is 7.08. The second kappa shape index (κ2) is 10.9. The summed E-state index contributed by atoms with van der Waals surface area (Å²) in [7, 11) is 6.27. The van der Waals surface area contributed by atoms with Crippen LogP contribution in [-0.4, -0.2) is 63.8 Å². The zero-order chi connectivity index (χ0) is 17.1. The summed E-state index contributed by atoms with van der Waals surface area (Å²) in [5.41, 5.74) is 0.254. The zero-order valence-corrected chi connectivity index (χ0v) is 16.0. The molecule has 5 heteroatoms. The number of nitrogens with zero attached hydrogens (tertiary/aromatic N) is 2. The molecule has 0 heterocycles. The topological polar surface area (TPSA) is 48.9 Å². The van der Waals surface area contributed by atoms with Gasteiger partial charge in [-0.1, -0.05) is 19.8 Å². The van der Waals surface area contributed by atoms with E-state index < -0.39 is 0 Å². The van der Waals surface area contributed by atoms with Crippen LogP contribution in [0.15, 0.2) is 4.99 Å². The van der Waals surface area contributed by atoms with E-state index in [1.165, 1.54) is 25.7 Å². The molecule has 23 heavy (non-hydrogen) atoms. The molecule has 1 saturated carbocycles. The van der Waals surface area contributed by atoms with Crippen LogP contribution in [0.25, 0.3) is 0 Å². The van der Waals surface area contributed by atoms with E-state index in [0.29, 0.717) is 0 Å². The highest BCUT2D eigenvalue weighted by molar-refractivity contribution is 5.79. The number of hydrogen-bond donors (Lipinski definition) is 2. The molecule has 1 aliphatic rings. The molecule has 0 aliphatic heterocycles. The molecule has 5 nitrogen and oxygen atoms in total. The van der Waals surface area contributed by atoms with Crippen LogP contribution in [0.1, 0.15) is 52.4 Å². The fraction of sp³-hybridized carbons (Fsp3) is 0.944. The maximum Gasteiger partial charge on any atom is 0.191 e. The van der Waals surface area contributed by atoms with Gasteiger partial charge >= 0.3 is 0 Å². The van der Waals surface area contributed by atoms with Crippen LogP contribution in [0.2, 0.25) is 0 Å². The highest BCUT2D eigenvalue weighted by Gasteiger charge is 2.36. The zero-order valence-electron chi connectivity index (χ0n) is 16.0. The van der Waals surface area contributed by atoms with Gasteiger partial charge < -0.3 is 20.3 Å². The lowest BCUT2D eigenvalue weighted by Crippen LogP contribution is -2.56. The first kappa shape index (κ1) is 20.2. The van der Waals surface area contributed by atoms with Gasteiger partial charge in [0, 0.05) is 38.9 Å². The van der Waals surface area contributed by atoms with Crippen molar-refractivity contribution in [1.29, 1.82) is 0 Å². The van der Waals surface area contributed by atoms with Crippen LogP contribution in [0.3, 0.4) is 0 Å². The van der Waals surface area contributed by atoms with Crippen molar-refractivity contribution >= 4 is 5.96 Å². The van der Waals surface area contributed by atoms with E-state index in [4.69, 9.17) is 4.74 Å². The van der Waals surface area contributed by atoms with Gasteiger partial charge in [-0.15, -0.1) is 0 Å². The van der Waals surface area contributed by atoms with Crippen molar-refractivity contribution in [3.05, 3.63) is 0 Å². The smallest absolute Gasteiger partial charge is 0.191 e. The molecule has 1 aliphatic carbocycles. The van der Waals surface area contributed by atoms with Crippen molar-refractivity contribution in [2.24, 2.45) is 10.9 Å². The van der Waals surface area contributed by atoms with Crippen molar-refractivity contribution < 1.29 is 4.74 Å². The van der Waals surface area contributed by atoms with Crippen LogP contribution in [0.4, 0.5) is 0 Å². The van der Waals surface area contributed by atoms with E-state index in [9.17, 15) is 0 Å². The Bertz CT molecular complexity index is 346. The van der Waals surface area contributed by atoms with E-state index >= 15 is 0 Å². The van der Waals surface area contributed by atoms with Gasteiger partial charge in [-0.3, -0.25) is 4.99 Å². The Morgan fingerprint density at radius 1 is 1.30 bits per heavy atom. The Morgan fingerprint density at radius 2 is 2.09 bits per heavy atom. The molecule has 1 rings (SSSR count). The van der Waals surface area contributed by atoms with Gasteiger partial charge in [-0.25, -0.2) is 0 Å². The van der Waals surface area contributed by atoms with E-state index in [2.05, 4.69) is 41.5 Å². The minimum absolute atomic E-state index is 0.254. The molecule has 0 bridgehead atoms. The van der Waals surface area contributed by atoms with Crippen LogP contribution in [-0.2, 0) is 4.74 Å². The number of ether oxygens (including phenoxy) is 1. The summed E-state index contributed by atoms with van der Waals surface area (Å²) >= 11 is 0. The highest BCUT2D eigenvalue weighted by Crippen LogP contribution is 2.35. The van der Waals surface area contributed by atoms with Gasteiger partial charge in [0.15, 0.2) is 5.96 Å². The van der Waals surface area contributed by atoms with E-state index in [-0.39, 0.29) is 5.54 Å². The third-order valence-electron chi connectivity index (χ3n) is 5.04. The minimum Gasteiger partial charge on any atom is -0.382 e. The van der Waals surface area contributed by atoms with Crippen molar-refractivity contribution in [2.75, 3.05) is 47.4 Å². The quantitative estimate of drug-likeness (QED) is 0.388. The van der Waals surface area contributed by atoms with Gasteiger partial charge in [-0.2, -0.15) is 0 Å². The number of aliphatic imine (C=N–C) groups is 1. The van der Waals surface area contributed by atoms with Gasteiger partial charge in [0.25, 0.3) is 0 Å². The number of rotatable bonds is 9. The second-order valence-electron chi connectivity index (χ2n) is 7.08. The van der Waals surface area contributed by atoms with Gasteiger partial charge in [0.2, 0.25) is 0 Å². The molecule has 136 valence electrons. The summed E-state index contributed by atoms with van der Waals surface area (Å²) in [4.78, 5) is 6.77. The minimum atomic E-state index is 0.254. The second-order valence-corrected chi connectivity index (χ2v) is 7.08. The fourth-order valence-corrected chi connectivity index (χ4v) is 3.51. The Labute approximate surface area is 143 Å². The van der Waals surface area contributed by atoms with Crippen LogP contribution >= 0.6 is 0 Å². The van der Waals surface area contributed by atoms with Crippen LogP contribution in [0, 0.1) is 5.92 Å². The molecule has 0 aromatic carbocycles. The molecule has 0 amide bonds. The van der Waals surface area contributed by atoms with Crippen molar-refractivity contribution in [3.63, 3.8) is 0 Å². The summed E-state index contributed by atoms with van der Waals surface area (Å²) in [5, 5.41) is 6.97. The first-order valence-corrected chi connectivity index (χ1v) is 9.23. The largest absolute Gasteiger partial charge is 0.382 e. The Morgan fingerprint density at radius 3 is 2.70 bits per heavy atom. The molecular formula is C18H38N4O. The summed E-state index contributed by atoms with van der Waals surface area (Å²) in [6, 6.07) is 0. The lowest BCUT2D eigenvalue weighted by Gasteiger charge is -2.45. The average molecular weight is 327 g/mol. The van der Waals surface area contributed by atoms with Gasteiger partial charge in [-0.05, 0) is 52.6 Å². The van der Waals surface area contributed by atoms with Gasteiger partial charge in [0.1, 0.15) is 0 Å². The van der Waals surface area contributed by atoms with Crippen molar-refractivity contribution in [1.82, 2.24) is 15.5 Å². The molecule has 0 radical (unpaired) electrons. The molecule has 0 spiro atoms. The summed E-state index contributed by atoms with van der Waals surface area (Å²) in [6.45, 7) is 7.98. The Kier molecular flexibility index (Phi) is 9.56. The monoisotopic (exact) mass is 326 g/mol. The summed E-state index contributed by atoms with van der Waals surface area (Å²) in [6.07, 6.45) is 7.42. The molecule has 2 atom stereocenters. The molecule has 0 aromatic heterocycles. The Hall–Kier alpha value is -0.810. The fourth-order valence-electron chi connectivity index (χ4n) is 3.51. The Balaban J connectivity index is 2.36. The predicted octanol–water partition coefficient (Wildman–Crippen LogP) is 2.48. The number of nitrogens with one attached hydrogen (secondary N) is 2. The normalized spacial score (nSPS) is 25.7. The van der Waals surface area contributed by atoms with E-state index in [1.807, 2.05) is 14.0 Å². The standard InChI is InChI=1S/C18H38N4O/c1-6-23-13-8-7-12-20-17(19-3)21-15-18(22(4)5)11-9-10-16(2)14-18/h16H,6-15H2,1-5H3,(H2,19,20,21). The van der Waals surface area contributed by atoms with E-state index in [0.717, 1.165) is 51.0 Å². The number of likely N-dealkylation sites (N-methyl/N-ethyl adjacent to an activating group) is 1. The maximum atomic E-state index is 5.36. The predicted molar refractivity (Wildman–Crippen MR) is 99.1 cm³/mol. The summed E-state index contributed by atoms with van der Waals surface area (Å²) < 4.78 is 5.36. The molecule has 0 saturated heterocycles. The van der Waals surface area contributed by atoms with E-state index in [1.54, 1.807) is 0 Å². The third-order valence-corrected chi connectivity index (χ3v) is 5.04. The molecule has 0 aromatic rings. The molecule has 2 N–H and O–H groups in total. The van der Waals surface area contributed by atoms with Crippen molar-refractivity contribution in [2.45, 2.75) is 57.9 Å². The maximum absolute atomic E-state index is 5.36. The number of unbranched alkanes of at least 4 members (excludes halogenated alkanes) is 1. The molecular weight excluding hydrogens is 288 g/mol. The van der Waals surface area contributed by atoms with Gasteiger partial charge in [0.05, 0.1) is 0 Å². The van der Waals surface area contributed by atoms with Crippen molar-refractivity contribution in [3.8, 4) is 0 Å². The first-order chi connectivity index (χ1) is 11.0. The average Bonchev–Trinajstić information content (AvgIpc) is 2.53. The molecule has 1 fully saturated rings. The van der Waals surface area contributed by atoms with Crippen LogP contribution < -0.4 is 10.6 Å². The first-order valence-electron chi connectivity index (χ1n) is 9.23.